The maximum atomic E-state index is 10.3. The molecule has 1 aromatic carbocycles. The zero-order chi connectivity index (χ0) is 11.0. The van der Waals surface area contributed by atoms with Gasteiger partial charge in [-0.1, -0.05) is 18.2 Å². The van der Waals surface area contributed by atoms with Gasteiger partial charge in [-0.2, -0.15) is 0 Å². The van der Waals surface area contributed by atoms with Crippen molar-refractivity contribution in [2.45, 2.75) is 0 Å². The van der Waals surface area contributed by atoms with Crippen molar-refractivity contribution in [3.05, 3.63) is 30.3 Å². The van der Waals surface area contributed by atoms with Crippen molar-refractivity contribution in [2.75, 3.05) is 5.32 Å². The second kappa shape index (κ2) is 9.67. The molecule has 0 unspecified atom stereocenters. The zero-order valence-corrected chi connectivity index (χ0v) is 9.97. The molecular formula is C8H8CuN2O2S2. The van der Waals surface area contributed by atoms with E-state index in [1.165, 1.54) is 0 Å². The summed E-state index contributed by atoms with van der Waals surface area (Å²) in [5, 5.41) is 1.28. The molecule has 0 spiro atoms. The number of carbonyl (C=O) groups excluding carboxylic acids is 2. The van der Waals surface area contributed by atoms with Crippen LogP contribution in [-0.2, 0) is 42.3 Å². The maximum absolute atomic E-state index is 10.3. The molecule has 0 aromatic heterocycles. The summed E-state index contributed by atoms with van der Waals surface area (Å²) < 4.78 is 0. The fourth-order valence-electron chi connectivity index (χ4n) is 0.639. The van der Waals surface area contributed by atoms with Gasteiger partial charge in [0.2, 0.25) is 0 Å². The minimum absolute atomic E-state index is 0. The number of amides is 2. The first-order valence-electron chi connectivity index (χ1n) is 3.52. The molecule has 1 rings (SSSR count). The van der Waals surface area contributed by atoms with Gasteiger partial charge in [-0.25, -0.2) is 0 Å². The minimum atomic E-state index is -0.750. The van der Waals surface area contributed by atoms with E-state index in [2.05, 4.69) is 36.3 Å². The molecule has 7 heteroatoms. The first-order valence-corrected chi connectivity index (χ1v) is 4.33. The van der Waals surface area contributed by atoms with Crippen LogP contribution in [0.2, 0.25) is 0 Å². The number of hydrogen-bond acceptors (Lipinski definition) is 4. The first kappa shape index (κ1) is 16.5. The monoisotopic (exact) mass is 291 g/mol. The fraction of sp³-hybridized carbons (Fsp3) is 0. The molecule has 0 aliphatic carbocycles. The van der Waals surface area contributed by atoms with Crippen LogP contribution in [0.3, 0.4) is 0 Å². The summed E-state index contributed by atoms with van der Waals surface area (Å²) in [4.78, 5) is 19.4. The molecule has 0 saturated heterocycles. The Kier molecular flexibility index (Phi) is 10.7. The van der Waals surface area contributed by atoms with Gasteiger partial charge in [-0.3, -0.25) is 0 Å². The van der Waals surface area contributed by atoms with Crippen molar-refractivity contribution in [2.24, 2.45) is 5.73 Å². The second-order valence-electron chi connectivity index (χ2n) is 2.10. The topological polar surface area (TPSA) is 72.2 Å². The summed E-state index contributed by atoms with van der Waals surface area (Å²) in [5.74, 6) is 0. The number of anilines is 1. The molecule has 2 amide bonds. The van der Waals surface area contributed by atoms with Crippen molar-refractivity contribution in [3.63, 3.8) is 0 Å². The van der Waals surface area contributed by atoms with Gasteiger partial charge in [0.25, 0.3) is 0 Å². The predicted molar refractivity (Wildman–Crippen MR) is 59.8 cm³/mol. The van der Waals surface area contributed by atoms with E-state index >= 15 is 0 Å². The summed E-state index contributed by atoms with van der Waals surface area (Å²) in [5.41, 5.74) is 5.03. The van der Waals surface area contributed by atoms with Crippen molar-refractivity contribution in [3.8, 4) is 0 Å². The quantitative estimate of drug-likeness (QED) is 0.606. The maximum Gasteiger partial charge on any atom is 2.00 e. The summed E-state index contributed by atoms with van der Waals surface area (Å²) in [6.45, 7) is 0. The Hall–Kier alpha value is -0.881. The molecule has 15 heavy (non-hydrogen) atoms. The molecule has 0 saturated carbocycles. The molecule has 0 aliphatic rings. The molecule has 0 aliphatic heterocycles. The predicted octanol–water partition coefficient (Wildman–Crippen LogP) is 1.37. The third kappa shape index (κ3) is 13.1. The van der Waals surface area contributed by atoms with Gasteiger partial charge >= 0.3 is 17.1 Å². The van der Waals surface area contributed by atoms with Crippen LogP contribution in [0.4, 0.5) is 15.3 Å². The number of nitrogens with one attached hydrogen (secondary N) is 1. The molecule has 4 nitrogen and oxygen atoms in total. The number of para-hydroxylation sites is 1. The van der Waals surface area contributed by atoms with Gasteiger partial charge in [0.15, 0.2) is 0 Å². The number of hydrogen-bond donors (Lipinski definition) is 2. The molecule has 1 aromatic rings. The van der Waals surface area contributed by atoms with Gasteiger partial charge < -0.3 is 45.9 Å². The van der Waals surface area contributed by atoms with Gasteiger partial charge in [0.1, 0.15) is 5.24 Å². The molecule has 0 fully saturated rings. The van der Waals surface area contributed by atoms with Gasteiger partial charge in [0, 0.05) is 5.69 Å². The van der Waals surface area contributed by atoms with E-state index in [1.54, 1.807) is 12.1 Å². The smallest absolute Gasteiger partial charge is 0.719 e. The Morgan fingerprint density at radius 3 is 1.87 bits per heavy atom. The molecule has 0 atom stereocenters. The van der Waals surface area contributed by atoms with Crippen LogP contribution in [-0.4, -0.2) is 10.5 Å². The normalized spacial score (nSPS) is 7.47. The standard InChI is InChI=1S/C7H7NOS.CH3NOS.Cu/c9-7(10)8-6-4-2-1-3-5-6;2-1(3)4;/h1-5H,(H2,8,9,10);(H3,2,3,4);/q;;+2/p-2. The Labute approximate surface area is 109 Å². The molecule has 3 N–H and O–H groups in total. The molecule has 85 valence electrons. The Morgan fingerprint density at radius 1 is 1.13 bits per heavy atom. The van der Waals surface area contributed by atoms with Crippen LogP contribution in [0.15, 0.2) is 30.3 Å². The van der Waals surface area contributed by atoms with Gasteiger partial charge in [0.05, 0.1) is 5.24 Å². The van der Waals surface area contributed by atoms with Gasteiger partial charge in [-0.15, -0.1) is 0 Å². The second-order valence-corrected chi connectivity index (χ2v) is 2.87. The van der Waals surface area contributed by atoms with E-state index in [0.29, 0.717) is 0 Å². The molecule has 0 heterocycles. The van der Waals surface area contributed by atoms with Crippen LogP contribution in [0, 0.1) is 0 Å². The fourth-order valence-corrected chi connectivity index (χ4v) is 0.757. The summed E-state index contributed by atoms with van der Waals surface area (Å²) in [6, 6.07) is 9.11. The summed E-state index contributed by atoms with van der Waals surface area (Å²) >= 11 is 8.07. The third-order valence-corrected chi connectivity index (χ3v) is 1.12. The minimum Gasteiger partial charge on any atom is -0.719 e. The SMILES string of the molecule is NC(=O)[S-].O=C([S-])Nc1ccccc1.[Cu+2]. The van der Waals surface area contributed by atoms with E-state index in [-0.39, 0.29) is 17.1 Å². The molecular weight excluding hydrogens is 284 g/mol. The van der Waals surface area contributed by atoms with E-state index in [0.717, 1.165) is 5.69 Å². The number of rotatable bonds is 1. The Morgan fingerprint density at radius 2 is 1.53 bits per heavy atom. The average molecular weight is 292 g/mol. The number of carbonyl (C=O) groups is 2. The van der Waals surface area contributed by atoms with E-state index in [1.807, 2.05) is 18.2 Å². The average Bonchev–Trinajstić information content (AvgIpc) is 2.03. The summed E-state index contributed by atoms with van der Waals surface area (Å²) in [6.07, 6.45) is 0. The number of benzene rings is 1. The van der Waals surface area contributed by atoms with Gasteiger partial charge in [-0.05, 0) is 12.1 Å². The van der Waals surface area contributed by atoms with Crippen LogP contribution < -0.4 is 11.1 Å². The Bertz CT molecular complexity index is 305. The molecule has 1 radical (unpaired) electrons. The van der Waals surface area contributed by atoms with Crippen LogP contribution in [0.5, 0.6) is 0 Å². The van der Waals surface area contributed by atoms with Crippen molar-refractivity contribution in [1.29, 1.82) is 0 Å². The van der Waals surface area contributed by atoms with E-state index in [9.17, 15) is 4.79 Å². The summed E-state index contributed by atoms with van der Waals surface area (Å²) in [7, 11) is 0. The van der Waals surface area contributed by atoms with Crippen molar-refractivity contribution in [1.82, 2.24) is 0 Å². The first-order chi connectivity index (χ1) is 6.52. The van der Waals surface area contributed by atoms with Crippen LogP contribution in [0.1, 0.15) is 0 Å². The van der Waals surface area contributed by atoms with E-state index in [4.69, 9.17) is 4.79 Å². The Balaban J connectivity index is 0. The third-order valence-electron chi connectivity index (χ3n) is 1.02. The van der Waals surface area contributed by atoms with E-state index < -0.39 is 10.5 Å². The zero-order valence-electron chi connectivity index (χ0n) is 7.40. The van der Waals surface area contributed by atoms with Crippen molar-refractivity contribution >= 4 is 41.4 Å². The number of primary amides is 1. The molecule has 0 bridgehead atoms. The number of nitrogens with two attached hydrogens (primary N) is 1. The van der Waals surface area contributed by atoms with Crippen LogP contribution >= 0.6 is 0 Å². The van der Waals surface area contributed by atoms with Crippen molar-refractivity contribution < 1.29 is 26.7 Å². The van der Waals surface area contributed by atoms with Crippen LogP contribution in [0.25, 0.3) is 0 Å². The largest absolute Gasteiger partial charge is 2.00 e.